The summed E-state index contributed by atoms with van der Waals surface area (Å²) in [5, 5.41) is 0. The molecule has 0 bridgehead atoms. The third-order valence-corrected chi connectivity index (χ3v) is 0.899. The van der Waals surface area contributed by atoms with E-state index >= 15 is 0 Å². The van der Waals surface area contributed by atoms with Crippen molar-refractivity contribution in [2.75, 3.05) is 13.2 Å². The van der Waals surface area contributed by atoms with Crippen molar-refractivity contribution in [3.63, 3.8) is 0 Å². The molecule has 12 heavy (non-hydrogen) atoms. The van der Waals surface area contributed by atoms with Gasteiger partial charge < -0.3 is 9.47 Å². The minimum Gasteiger partial charge on any atom is -0.466 e. The molecule has 0 aromatic carbocycles. The summed E-state index contributed by atoms with van der Waals surface area (Å²) in [7, 11) is 0. The van der Waals surface area contributed by atoms with E-state index in [1.54, 1.807) is 13.8 Å². The van der Waals surface area contributed by atoms with Crippen LogP contribution in [-0.2, 0) is 19.1 Å². The first-order chi connectivity index (χ1) is 5.20. The molecule has 0 aliphatic carbocycles. The van der Waals surface area contributed by atoms with Gasteiger partial charge in [-0.2, -0.15) is 0 Å². The topological polar surface area (TPSA) is 52.6 Å². The van der Waals surface area contributed by atoms with Crippen molar-refractivity contribution in [2.45, 2.75) is 20.3 Å². The van der Waals surface area contributed by atoms with E-state index in [-0.39, 0.29) is 49.2 Å². The summed E-state index contributed by atoms with van der Waals surface area (Å²) in [5.74, 6) is -1.07. The zero-order chi connectivity index (χ0) is 8.69. The monoisotopic (exact) mass is 183 g/mol. The van der Waals surface area contributed by atoms with Crippen LogP contribution in [0.3, 0.4) is 0 Å². The van der Waals surface area contributed by atoms with Crippen molar-refractivity contribution < 1.29 is 19.1 Å². The maximum atomic E-state index is 10.6. The smallest absolute Gasteiger partial charge is 0.317 e. The van der Waals surface area contributed by atoms with Crippen LogP contribution in [0.1, 0.15) is 20.3 Å². The van der Waals surface area contributed by atoms with Crippen molar-refractivity contribution in [3.8, 4) is 0 Å². The van der Waals surface area contributed by atoms with Crippen LogP contribution in [0.5, 0.6) is 0 Å². The van der Waals surface area contributed by atoms with Crippen LogP contribution in [0.2, 0.25) is 0 Å². The second-order valence-corrected chi connectivity index (χ2v) is 1.79. The number of carbonyl (C=O) groups is 2. The van der Waals surface area contributed by atoms with Gasteiger partial charge in [0.05, 0.1) is 13.2 Å². The molecule has 5 heteroatoms. The Hall–Kier alpha value is -0.0600. The predicted octanol–water partition coefficient (Wildman–Crippen LogP) is 0.122. The second kappa shape index (κ2) is 9.03. The van der Waals surface area contributed by atoms with E-state index in [9.17, 15) is 9.59 Å². The first kappa shape index (κ1) is 14.5. The Morgan fingerprint density at radius 1 is 1.00 bits per heavy atom. The summed E-state index contributed by atoms with van der Waals surface area (Å²) >= 11 is 0. The normalized spacial score (nSPS) is 8.17. The van der Waals surface area contributed by atoms with Crippen LogP contribution in [0.4, 0.5) is 0 Å². The van der Waals surface area contributed by atoms with Crippen LogP contribution in [0, 0.1) is 0 Å². The Bertz CT molecular complexity index is 130. The quantitative estimate of drug-likeness (QED) is 0.353. The molecule has 0 spiro atoms. The third-order valence-electron chi connectivity index (χ3n) is 0.899. The molecule has 0 unspecified atom stereocenters. The van der Waals surface area contributed by atoms with E-state index < -0.39 is 11.9 Å². The van der Waals surface area contributed by atoms with Gasteiger partial charge in [0.1, 0.15) is 6.42 Å². The number of hydrogen-bond acceptors (Lipinski definition) is 4. The molecule has 0 fully saturated rings. The molecule has 1 radical (unpaired) electrons. The Morgan fingerprint density at radius 3 is 1.58 bits per heavy atom. The zero-order valence-electron chi connectivity index (χ0n) is 7.75. The van der Waals surface area contributed by atoms with Crippen molar-refractivity contribution in [2.24, 2.45) is 0 Å². The van der Waals surface area contributed by atoms with Gasteiger partial charge in [0.25, 0.3) is 0 Å². The molecule has 0 atom stereocenters. The van der Waals surface area contributed by atoms with Crippen molar-refractivity contribution in [3.05, 3.63) is 0 Å². The van der Waals surface area contributed by atoms with Crippen molar-refractivity contribution in [1.29, 1.82) is 0 Å². The SMILES string of the molecule is CCOC(=O)CC(=O)OCC.[Na]. The van der Waals surface area contributed by atoms with Gasteiger partial charge in [0.15, 0.2) is 0 Å². The van der Waals surface area contributed by atoms with E-state index in [0.717, 1.165) is 0 Å². The summed E-state index contributed by atoms with van der Waals surface area (Å²) < 4.78 is 9.04. The van der Waals surface area contributed by atoms with Gasteiger partial charge in [-0.1, -0.05) is 0 Å². The van der Waals surface area contributed by atoms with E-state index in [1.807, 2.05) is 0 Å². The fourth-order valence-electron chi connectivity index (χ4n) is 0.542. The van der Waals surface area contributed by atoms with Gasteiger partial charge in [0, 0.05) is 29.6 Å². The standard InChI is InChI=1S/C7H12O4.Na/c1-3-10-6(8)5-7(9)11-4-2;/h3-5H2,1-2H3;. The fourth-order valence-corrected chi connectivity index (χ4v) is 0.542. The predicted molar refractivity (Wildman–Crippen MR) is 43.6 cm³/mol. The largest absolute Gasteiger partial charge is 0.466 e. The number of esters is 2. The molecule has 0 heterocycles. The molecule has 0 aromatic heterocycles. The molecule has 4 nitrogen and oxygen atoms in total. The molecule has 0 rings (SSSR count). The maximum Gasteiger partial charge on any atom is 0.317 e. The van der Waals surface area contributed by atoms with Gasteiger partial charge in [-0.3, -0.25) is 9.59 Å². The summed E-state index contributed by atoms with van der Waals surface area (Å²) in [5.41, 5.74) is 0. The molecule has 0 aliphatic rings. The molecule has 0 saturated carbocycles. The Labute approximate surface area is 93.9 Å². The van der Waals surface area contributed by atoms with Crippen molar-refractivity contribution in [1.82, 2.24) is 0 Å². The number of carbonyl (C=O) groups excluding carboxylic acids is 2. The van der Waals surface area contributed by atoms with Gasteiger partial charge in [-0.05, 0) is 13.8 Å². The van der Waals surface area contributed by atoms with Gasteiger partial charge >= 0.3 is 11.9 Å². The van der Waals surface area contributed by atoms with E-state index in [1.165, 1.54) is 0 Å². The summed E-state index contributed by atoms with van der Waals surface area (Å²) in [6.45, 7) is 3.95. The molecule has 0 saturated heterocycles. The van der Waals surface area contributed by atoms with Crippen LogP contribution in [0.25, 0.3) is 0 Å². The van der Waals surface area contributed by atoms with Crippen LogP contribution in [0.15, 0.2) is 0 Å². The van der Waals surface area contributed by atoms with E-state index in [2.05, 4.69) is 9.47 Å². The van der Waals surface area contributed by atoms with E-state index in [0.29, 0.717) is 0 Å². The minimum absolute atomic E-state index is 0. The van der Waals surface area contributed by atoms with Gasteiger partial charge in [0.2, 0.25) is 0 Å². The van der Waals surface area contributed by atoms with Crippen LogP contribution < -0.4 is 0 Å². The summed E-state index contributed by atoms with van der Waals surface area (Å²) in [4.78, 5) is 21.2. The molecule has 0 aliphatic heterocycles. The van der Waals surface area contributed by atoms with E-state index in [4.69, 9.17) is 0 Å². The third kappa shape index (κ3) is 8.04. The zero-order valence-corrected chi connectivity index (χ0v) is 9.75. The number of rotatable bonds is 4. The average Bonchev–Trinajstić information content (AvgIpc) is 1.87. The molecular weight excluding hydrogens is 171 g/mol. The first-order valence-electron chi connectivity index (χ1n) is 3.52. The Balaban J connectivity index is 0. The Kier molecular flexibility index (Phi) is 10.9. The molecule has 0 amide bonds. The molecule has 65 valence electrons. The number of hydrogen-bond donors (Lipinski definition) is 0. The van der Waals surface area contributed by atoms with Crippen molar-refractivity contribution >= 4 is 41.5 Å². The Morgan fingerprint density at radius 2 is 1.33 bits per heavy atom. The average molecular weight is 183 g/mol. The van der Waals surface area contributed by atoms with Crippen LogP contribution in [-0.4, -0.2) is 54.7 Å². The van der Waals surface area contributed by atoms with Gasteiger partial charge in [-0.15, -0.1) is 0 Å². The molecule has 0 N–H and O–H groups in total. The van der Waals surface area contributed by atoms with Crippen LogP contribution >= 0.6 is 0 Å². The fraction of sp³-hybridized carbons (Fsp3) is 0.714. The summed E-state index contributed by atoms with van der Waals surface area (Å²) in [6, 6.07) is 0. The molecular formula is C7H12NaO4. The number of ether oxygens (including phenoxy) is 2. The van der Waals surface area contributed by atoms with Gasteiger partial charge in [-0.25, -0.2) is 0 Å². The first-order valence-corrected chi connectivity index (χ1v) is 3.52. The maximum absolute atomic E-state index is 10.6. The molecule has 0 aromatic rings. The second-order valence-electron chi connectivity index (χ2n) is 1.79. The minimum atomic E-state index is -0.536. The summed E-state index contributed by atoms with van der Waals surface area (Å²) in [6.07, 6.45) is -0.290.